The molecular weight excluding hydrogens is 1080 g/mol. The Morgan fingerprint density at radius 2 is 0.643 bits per heavy atom. The van der Waals surface area contributed by atoms with Crippen LogP contribution in [0.3, 0.4) is 0 Å². The van der Waals surface area contributed by atoms with Gasteiger partial charge in [0.05, 0.1) is 39.8 Å². The number of hydrogen-bond acceptors (Lipinski definition) is 11. The molecule has 0 aliphatic rings. The average Bonchev–Trinajstić information content (AvgIpc) is 4.24. The zero-order valence-electron chi connectivity index (χ0n) is 48.1. The summed E-state index contributed by atoms with van der Waals surface area (Å²) in [5, 5.41) is 25.2. The van der Waals surface area contributed by atoms with Crippen LogP contribution >= 0.6 is 0 Å². The van der Waals surface area contributed by atoms with Gasteiger partial charge in [-0.25, -0.2) is 4.98 Å². The maximum absolute atomic E-state index is 13.5. The van der Waals surface area contributed by atoms with Crippen molar-refractivity contribution in [1.82, 2.24) is 57.1 Å². The van der Waals surface area contributed by atoms with Crippen LogP contribution in [0.5, 0.6) is 0 Å². The molecule has 0 spiro atoms. The zero-order valence-corrected chi connectivity index (χ0v) is 48.1. The maximum atomic E-state index is 13.5. The minimum atomic E-state index is -0.507. The van der Waals surface area contributed by atoms with E-state index >= 15 is 0 Å². The number of nitrogens with zero attached hydrogens (tertiary/aromatic N) is 10. The molecule has 8 aromatic rings. The third-order valence-corrected chi connectivity index (χ3v) is 13.5. The summed E-state index contributed by atoms with van der Waals surface area (Å²) >= 11 is 0. The number of carbonyl (C=O) groups is 9. The third-order valence-electron chi connectivity index (χ3n) is 13.5. The predicted molar refractivity (Wildman–Crippen MR) is 315 cm³/mol. The van der Waals surface area contributed by atoms with Gasteiger partial charge in [0.15, 0.2) is 5.82 Å². The van der Waals surface area contributed by atoms with Gasteiger partial charge in [-0.1, -0.05) is 0 Å². The highest BCUT2D eigenvalue weighted by atomic mass is 16.2. The lowest BCUT2D eigenvalue weighted by atomic mass is 10.2. The second-order valence-electron chi connectivity index (χ2n) is 20.5. The van der Waals surface area contributed by atoms with Crippen LogP contribution in [0.2, 0.25) is 0 Å². The van der Waals surface area contributed by atoms with Crippen LogP contribution in [0.25, 0.3) is 0 Å². The number of nitrogens with one attached hydrogen (secondary N) is 9. The molecule has 0 fully saturated rings. The molecule has 9 N–H and O–H groups in total. The fourth-order valence-corrected chi connectivity index (χ4v) is 9.21. The second-order valence-corrected chi connectivity index (χ2v) is 20.5. The lowest BCUT2D eigenvalue weighted by molar-refractivity contribution is -0.116. The van der Waals surface area contributed by atoms with Crippen molar-refractivity contribution < 1.29 is 43.2 Å². The first-order valence-corrected chi connectivity index (χ1v) is 26.4. The molecule has 440 valence electrons. The van der Waals surface area contributed by atoms with Crippen LogP contribution in [0, 0.1) is 0 Å². The molecule has 8 aromatic heterocycles. The van der Waals surface area contributed by atoms with Crippen molar-refractivity contribution in [3.8, 4) is 0 Å². The summed E-state index contributed by atoms with van der Waals surface area (Å²) in [6.45, 7) is 1.49. The molecule has 0 radical (unpaired) electrons. The van der Waals surface area contributed by atoms with Gasteiger partial charge in [-0.15, -0.1) is 0 Å². The summed E-state index contributed by atoms with van der Waals surface area (Å²) in [5.74, 6) is -3.72. The van der Waals surface area contributed by atoms with E-state index in [0.717, 1.165) is 13.0 Å². The van der Waals surface area contributed by atoms with E-state index in [1.54, 1.807) is 144 Å². The Labute approximate surface area is 482 Å². The fraction of sp³-hybridized carbons (Fsp3) is 0.286. The topological polar surface area (TPSA) is 317 Å². The first-order chi connectivity index (χ1) is 39.9. The summed E-state index contributed by atoms with van der Waals surface area (Å²) in [6.07, 6.45) is 15.4. The largest absolute Gasteiger partial charge is 0.351 e. The number of anilines is 7. The molecule has 0 atom stereocenters. The Bertz CT molecular complexity index is 3850. The number of rotatable bonds is 23. The van der Waals surface area contributed by atoms with E-state index < -0.39 is 41.4 Å². The first kappa shape index (κ1) is 59.5. The Morgan fingerprint density at radius 3 is 0.929 bits per heavy atom. The van der Waals surface area contributed by atoms with E-state index in [1.165, 1.54) is 47.2 Å². The molecule has 84 heavy (non-hydrogen) atoms. The molecule has 0 bridgehead atoms. The van der Waals surface area contributed by atoms with Gasteiger partial charge in [-0.05, 0) is 75.9 Å². The van der Waals surface area contributed by atoms with Gasteiger partial charge < -0.3 is 89.3 Å². The Balaban J connectivity index is 0.758. The number of aryl methyl sites for hydroxylation is 8. The lowest BCUT2D eigenvalue weighted by Crippen LogP contribution is -2.28. The third kappa shape index (κ3) is 14.3. The van der Waals surface area contributed by atoms with E-state index in [9.17, 15) is 43.2 Å². The number of aromatic nitrogens is 9. The second kappa shape index (κ2) is 25.4. The average molecular weight is 1150 g/mol. The van der Waals surface area contributed by atoms with Gasteiger partial charge in [0.2, 0.25) is 5.91 Å². The van der Waals surface area contributed by atoms with Gasteiger partial charge in [-0.2, -0.15) is 0 Å². The van der Waals surface area contributed by atoms with Crippen molar-refractivity contribution in [3.63, 3.8) is 0 Å². The molecule has 8 rings (SSSR count). The summed E-state index contributed by atoms with van der Waals surface area (Å²) in [6, 6.07) is 10.7. The fourth-order valence-electron chi connectivity index (χ4n) is 9.21. The highest BCUT2D eigenvalue weighted by Crippen LogP contribution is 2.24. The molecule has 0 saturated heterocycles. The van der Waals surface area contributed by atoms with Crippen LogP contribution in [0.1, 0.15) is 103 Å². The van der Waals surface area contributed by atoms with Crippen LogP contribution < -0.4 is 47.9 Å². The van der Waals surface area contributed by atoms with Crippen molar-refractivity contribution in [2.75, 3.05) is 70.9 Å². The van der Waals surface area contributed by atoms with E-state index in [4.69, 9.17) is 0 Å². The van der Waals surface area contributed by atoms with Crippen molar-refractivity contribution in [2.45, 2.75) is 19.3 Å². The molecule has 8 heterocycles. The van der Waals surface area contributed by atoms with Crippen LogP contribution in [0.4, 0.5) is 39.8 Å². The van der Waals surface area contributed by atoms with Crippen molar-refractivity contribution in [3.05, 3.63) is 144 Å². The molecule has 0 aliphatic heterocycles. The van der Waals surface area contributed by atoms with E-state index in [2.05, 4.69) is 52.8 Å². The Morgan fingerprint density at radius 1 is 0.369 bits per heavy atom. The quantitative estimate of drug-likeness (QED) is 0.0410. The highest BCUT2D eigenvalue weighted by molar-refractivity contribution is 6.10. The molecule has 28 heteroatoms. The normalized spacial score (nSPS) is 11.1. The molecule has 9 amide bonds. The van der Waals surface area contributed by atoms with Gasteiger partial charge in [0.1, 0.15) is 39.9 Å². The van der Waals surface area contributed by atoms with Crippen molar-refractivity contribution in [1.29, 1.82) is 0 Å². The number of amides is 9. The van der Waals surface area contributed by atoms with E-state index in [-0.39, 0.29) is 71.2 Å². The van der Waals surface area contributed by atoms with Gasteiger partial charge >= 0.3 is 0 Å². The van der Waals surface area contributed by atoms with E-state index in [0.29, 0.717) is 52.1 Å². The van der Waals surface area contributed by atoms with E-state index in [1.807, 2.05) is 19.0 Å². The number of carbonyl (C=O) groups excluding carboxylic acids is 9. The minimum Gasteiger partial charge on any atom is -0.351 e. The SMILES string of the molecule is CN(C)CCCNC(=O)c1cc(NC(=O)c2cc(NC(=O)c3cc(NC(=O)c4cc(NC(=O)CCCNC(=O)c5cc(NC(=O)c6cc(NC(=O)c7cc(NC(=O)c8nccn8C)cn7C)cn6C)cn5C)cn4C)cn3C)cn2C)cn1C. The molecule has 0 unspecified atom stereocenters. The smallest absolute Gasteiger partial charge is 0.291 e. The zero-order chi connectivity index (χ0) is 60.7. The van der Waals surface area contributed by atoms with Gasteiger partial charge in [-0.3, -0.25) is 43.2 Å². The summed E-state index contributed by atoms with van der Waals surface area (Å²) in [7, 11) is 17.2. The predicted octanol–water partition coefficient (Wildman–Crippen LogP) is 4.13. The Hall–Kier alpha value is -10.6. The molecular formula is C56H67N19O9. The molecule has 0 saturated carbocycles. The van der Waals surface area contributed by atoms with Gasteiger partial charge in [0, 0.05) is 132 Å². The van der Waals surface area contributed by atoms with Crippen LogP contribution in [0.15, 0.2) is 98.2 Å². The van der Waals surface area contributed by atoms with Crippen LogP contribution in [-0.2, 0) is 61.2 Å². The lowest BCUT2D eigenvalue weighted by Gasteiger charge is -2.10. The Kier molecular flexibility index (Phi) is 18.0. The molecule has 0 aliphatic carbocycles. The first-order valence-electron chi connectivity index (χ1n) is 26.4. The standard InChI is InChI=1S/C56H67N19O9/c1-67(2)17-12-15-59-50(78)41-21-35(28-70(41)5)62-53(81)43-23-37(30-72(43)7)64-54(82)45-22-36(29-74(45)9)63-51(79)42-19-33(26-71(42)6)60-47(76)13-11-14-58-49(77)40-20-34(27-69(40)4)61-52(80)44-24-38(31-73(44)8)65-55(83)46-25-39(32-75(46)10)66-56(84)48-57-16-18-68(48)3/h16,18-32H,11-15,17H2,1-10H3,(H,58,77)(H,59,78)(H,60,76)(H,61,80)(H,62,81)(H,63,79)(H,64,82)(H,65,83)(H,66,84). The molecule has 28 nitrogen and oxygen atoms in total. The van der Waals surface area contributed by atoms with Crippen molar-refractivity contribution >= 4 is 93.0 Å². The molecule has 0 aromatic carbocycles. The number of hydrogen-bond donors (Lipinski definition) is 9. The highest BCUT2D eigenvalue weighted by Gasteiger charge is 2.23. The number of imidazole rings is 1. The summed E-state index contributed by atoms with van der Waals surface area (Å²) < 4.78 is 12.5. The van der Waals surface area contributed by atoms with Crippen molar-refractivity contribution in [2.24, 2.45) is 56.4 Å². The van der Waals surface area contributed by atoms with Crippen LogP contribution in [-0.4, -0.2) is 133 Å². The van der Waals surface area contributed by atoms with Gasteiger partial charge in [0.25, 0.3) is 47.3 Å². The summed E-state index contributed by atoms with van der Waals surface area (Å²) in [5.41, 5.74) is 4.32. The maximum Gasteiger partial charge on any atom is 0.291 e. The summed E-state index contributed by atoms with van der Waals surface area (Å²) in [4.78, 5) is 124. The monoisotopic (exact) mass is 1150 g/mol. The minimum absolute atomic E-state index is 0.0430.